The number of rotatable bonds is 12. The van der Waals surface area contributed by atoms with Gasteiger partial charge in [-0.3, -0.25) is 0 Å². The van der Waals surface area contributed by atoms with Crippen LogP contribution in [-0.4, -0.2) is 23.7 Å². The molecule has 0 amide bonds. The van der Waals surface area contributed by atoms with Crippen LogP contribution in [0, 0.1) is 23.7 Å². The molecular formula is C32H54F2P2Pd. The quantitative estimate of drug-likeness (QED) is 0.0858. The molecule has 2 atom stereocenters. The van der Waals surface area contributed by atoms with E-state index >= 15 is 8.78 Å². The van der Waals surface area contributed by atoms with Crippen LogP contribution >= 0.6 is 13.5 Å². The maximum absolute atomic E-state index is 16.5. The summed E-state index contributed by atoms with van der Waals surface area (Å²) in [5.41, 5.74) is -2.10. The summed E-state index contributed by atoms with van der Waals surface area (Å²) in [7, 11) is 0. The number of allylic oxidation sites excluding steroid dienone is 4. The number of halogens is 2. The molecule has 0 nitrogen and oxygen atoms in total. The Hall–Kier alpha value is 0.862. The van der Waals surface area contributed by atoms with E-state index in [0.717, 1.165) is 94.2 Å². The summed E-state index contributed by atoms with van der Waals surface area (Å²) in [5.74, 6) is 1.04. The van der Waals surface area contributed by atoms with Gasteiger partial charge in [0, 0.05) is 0 Å². The second kappa shape index (κ2) is 16.3. The molecule has 0 N–H and O–H groups in total. The minimum absolute atomic E-state index is 0.259. The van der Waals surface area contributed by atoms with Gasteiger partial charge in [-0.1, -0.05) is 0 Å². The molecule has 0 aromatic carbocycles. The van der Waals surface area contributed by atoms with Crippen molar-refractivity contribution in [3.8, 4) is 0 Å². The SMILES string of the molecule is FC(C=CC[PH][Pd][PH]CC=CC(F)(C1CCCCC1)C1CCCCC1)(C1CCCCC1)C1CCCCC1. The van der Waals surface area contributed by atoms with Crippen LogP contribution in [0.2, 0.25) is 0 Å². The zero-order valence-corrected chi connectivity index (χ0v) is 26.8. The third-order valence-electron chi connectivity index (χ3n) is 10.1. The fourth-order valence-corrected chi connectivity index (χ4v) is 15.0. The molecule has 0 aromatic rings. The zero-order valence-electron chi connectivity index (χ0n) is 23.2. The minimum atomic E-state index is -1.05. The summed E-state index contributed by atoms with van der Waals surface area (Å²) in [6.07, 6.45) is 34.3. The van der Waals surface area contributed by atoms with Gasteiger partial charge in [0.1, 0.15) is 0 Å². The van der Waals surface area contributed by atoms with Crippen molar-refractivity contribution in [3.63, 3.8) is 0 Å². The Morgan fingerprint density at radius 2 is 0.757 bits per heavy atom. The van der Waals surface area contributed by atoms with Crippen LogP contribution < -0.4 is 0 Å². The van der Waals surface area contributed by atoms with Crippen molar-refractivity contribution in [3.05, 3.63) is 24.3 Å². The van der Waals surface area contributed by atoms with Gasteiger partial charge in [-0.15, -0.1) is 0 Å². The maximum atomic E-state index is 16.5. The molecule has 4 saturated carbocycles. The predicted octanol–water partition coefficient (Wildman–Crippen LogP) is 11.1. The molecule has 0 radical (unpaired) electrons. The second-order valence-electron chi connectivity index (χ2n) is 12.5. The fraction of sp³-hybridized carbons (Fsp3) is 0.875. The molecule has 0 aromatic heterocycles. The summed E-state index contributed by atoms with van der Waals surface area (Å²) in [5, 5.41) is 0. The molecule has 4 aliphatic carbocycles. The molecule has 5 heteroatoms. The average molecular weight is 645 g/mol. The summed E-state index contributed by atoms with van der Waals surface area (Å²) >= 11 is 0.741. The van der Waals surface area contributed by atoms with E-state index < -0.39 is 11.3 Å². The second-order valence-corrected chi connectivity index (χ2v) is 21.2. The first kappa shape index (κ1) is 30.8. The number of hydrogen-bond acceptors (Lipinski definition) is 0. The van der Waals surface area contributed by atoms with E-state index in [4.69, 9.17) is 0 Å². The van der Waals surface area contributed by atoms with Crippen molar-refractivity contribution in [2.45, 2.75) is 140 Å². The van der Waals surface area contributed by atoms with Gasteiger partial charge in [-0.05, 0) is 0 Å². The first-order valence-electron chi connectivity index (χ1n) is 15.9. The zero-order chi connectivity index (χ0) is 25.8. The Morgan fingerprint density at radius 3 is 1.03 bits per heavy atom. The van der Waals surface area contributed by atoms with Gasteiger partial charge in [0.05, 0.1) is 0 Å². The van der Waals surface area contributed by atoms with Gasteiger partial charge in [-0.25, -0.2) is 0 Å². The van der Waals surface area contributed by atoms with Gasteiger partial charge >= 0.3 is 239 Å². The Morgan fingerprint density at radius 1 is 0.486 bits per heavy atom. The van der Waals surface area contributed by atoms with E-state index in [1.807, 2.05) is 0 Å². The summed E-state index contributed by atoms with van der Waals surface area (Å²) < 4.78 is 33.1. The topological polar surface area (TPSA) is 0 Å². The Balaban J connectivity index is 1.22. The van der Waals surface area contributed by atoms with Crippen molar-refractivity contribution >= 4 is 13.5 Å². The first-order chi connectivity index (χ1) is 18.1. The summed E-state index contributed by atoms with van der Waals surface area (Å²) in [6, 6.07) is 0. The third kappa shape index (κ3) is 8.92. The first-order valence-corrected chi connectivity index (χ1v) is 22.6. The Kier molecular flexibility index (Phi) is 13.6. The van der Waals surface area contributed by atoms with Crippen LogP contribution in [0.4, 0.5) is 8.78 Å². The molecule has 2 unspecified atom stereocenters. The Labute approximate surface area is 238 Å². The molecule has 0 saturated heterocycles. The molecule has 37 heavy (non-hydrogen) atoms. The van der Waals surface area contributed by atoms with E-state index in [2.05, 4.69) is 24.3 Å². The van der Waals surface area contributed by atoms with Crippen molar-refractivity contribution in [2.75, 3.05) is 12.3 Å². The average Bonchev–Trinajstić information content (AvgIpc) is 2.98. The summed E-state index contributed by atoms with van der Waals surface area (Å²) in [4.78, 5) is 0. The predicted molar refractivity (Wildman–Crippen MR) is 159 cm³/mol. The van der Waals surface area contributed by atoms with Crippen LogP contribution in [0.1, 0.15) is 128 Å². The molecule has 4 rings (SSSR count). The van der Waals surface area contributed by atoms with Crippen LogP contribution in [0.5, 0.6) is 0 Å². The van der Waals surface area contributed by atoms with Gasteiger partial charge in [0.25, 0.3) is 0 Å². The molecule has 4 aliphatic rings. The molecule has 0 heterocycles. The monoisotopic (exact) mass is 644 g/mol. The van der Waals surface area contributed by atoms with Gasteiger partial charge < -0.3 is 0 Å². The van der Waals surface area contributed by atoms with E-state index in [0.29, 0.717) is 0 Å². The molecule has 216 valence electrons. The van der Waals surface area contributed by atoms with Crippen molar-refractivity contribution in [1.29, 1.82) is 0 Å². The third-order valence-corrected chi connectivity index (χ3v) is 18.6. The molecule has 0 aliphatic heterocycles. The molecule has 0 spiro atoms. The van der Waals surface area contributed by atoms with Gasteiger partial charge in [0.15, 0.2) is 0 Å². The van der Waals surface area contributed by atoms with E-state index in [1.54, 1.807) is 0 Å². The van der Waals surface area contributed by atoms with Crippen LogP contribution in [0.25, 0.3) is 0 Å². The molecule has 4 fully saturated rings. The van der Waals surface area contributed by atoms with Gasteiger partial charge in [0.2, 0.25) is 0 Å². The van der Waals surface area contributed by atoms with E-state index in [1.165, 1.54) is 77.0 Å². The van der Waals surface area contributed by atoms with Crippen molar-refractivity contribution in [1.82, 2.24) is 0 Å². The number of hydrogen-bond donors (Lipinski definition) is 0. The van der Waals surface area contributed by atoms with Gasteiger partial charge in [-0.2, -0.15) is 0 Å². The van der Waals surface area contributed by atoms with Crippen LogP contribution in [0.3, 0.4) is 0 Å². The standard InChI is InChI=1S/2C16H27FP.Pd/c2*17-16(12-7-13-18,14-8-3-1-4-9-14)15-10-5-2-6-11-15;/h2*7,12,14-15,18H,1-6,8-11,13H2;/q2*-1;+2. The molecular weight excluding hydrogens is 591 g/mol. The fourth-order valence-electron chi connectivity index (χ4n) is 8.05. The summed E-state index contributed by atoms with van der Waals surface area (Å²) in [6.45, 7) is 1.85. The van der Waals surface area contributed by atoms with Crippen LogP contribution in [0.15, 0.2) is 24.3 Å². The van der Waals surface area contributed by atoms with Crippen LogP contribution in [-0.2, 0) is 17.0 Å². The van der Waals surface area contributed by atoms with Crippen molar-refractivity contribution in [2.24, 2.45) is 23.7 Å². The molecule has 0 bridgehead atoms. The number of alkyl halides is 2. The Bertz CT molecular complexity index is 593. The van der Waals surface area contributed by atoms with E-state index in [-0.39, 0.29) is 23.7 Å². The van der Waals surface area contributed by atoms with Crippen molar-refractivity contribution < 1.29 is 25.8 Å². The van der Waals surface area contributed by atoms with E-state index in [9.17, 15) is 0 Å². The normalized spacial score (nSPS) is 25.7.